The molecule has 0 spiro atoms. The van der Waals surface area contributed by atoms with Crippen molar-refractivity contribution in [2.24, 2.45) is 4.99 Å². The molecule has 0 saturated heterocycles. The Balaban J connectivity index is 2.03. The van der Waals surface area contributed by atoms with Crippen molar-refractivity contribution < 1.29 is 9.90 Å². The second-order valence-electron chi connectivity index (χ2n) is 5.84. The number of carbonyl (C=O) groups is 1. The van der Waals surface area contributed by atoms with Gasteiger partial charge in [0, 0.05) is 32.4 Å². The van der Waals surface area contributed by atoms with Crippen molar-refractivity contribution in [2.45, 2.75) is 13.8 Å². The number of aliphatic imine (C=N–C) groups is 1. The summed E-state index contributed by atoms with van der Waals surface area (Å²) >= 11 is 8.24. The normalized spacial score (nSPS) is 11.2. The predicted octanol–water partition coefficient (Wildman–Crippen LogP) is 5.80. The first-order chi connectivity index (χ1) is 12.4. The Morgan fingerprint density at radius 1 is 1.19 bits per heavy atom. The molecule has 6 heteroatoms. The van der Waals surface area contributed by atoms with Crippen LogP contribution in [-0.2, 0) is 0 Å². The van der Waals surface area contributed by atoms with Gasteiger partial charge in [0.1, 0.15) is 0 Å². The van der Waals surface area contributed by atoms with Crippen LogP contribution in [0.15, 0.2) is 53.5 Å². The number of nitrogens with zero attached hydrogens (tertiary/aromatic N) is 2. The van der Waals surface area contributed by atoms with Gasteiger partial charge in [-0.05, 0) is 72.8 Å². The van der Waals surface area contributed by atoms with Crippen LogP contribution in [-0.4, -0.2) is 21.9 Å². The number of halogens is 2. The lowest BCUT2D eigenvalue weighted by molar-refractivity contribution is 0.0697. The smallest absolute Gasteiger partial charge is 0.337 e. The third-order valence-corrected chi connectivity index (χ3v) is 5.35. The number of hydrogen-bond donors (Lipinski definition) is 1. The van der Waals surface area contributed by atoms with Crippen molar-refractivity contribution in [3.8, 4) is 5.69 Å². The highest BCUT2D eigenvalue weighted by Crippen LogP contribution is 2.25. The van der Waals surface area contributed by atoms with E-state index in [-0.39, 0.29) is 10.6 Å². The Hall–Kier alpha value is -2.12. The van der Waals surface area contributed by atoms with Crippen LogP contribution in [0.2, 0.25) is 5.02 Å². The molecule has 0 saturated carbocycles. The summed E-state index contributed by atoms with van der Waals surface area (Å²) in [6.07, 6.45) is 1.84. The number of para-hydroxylation sites is 1. The van der Waals surface area contributed by atoms with Gasteiger partial charge >= 0.3 is 5.97 Å². The van der Waals surface area contributed by atoms with Gasteiger partial charge in [-0.1, -0.05) is 23.7 Å². The summed E-state index contributed by atoms with van der Waals surface area (Å²) in [5.41, 5.74) is 4.72. The van der Waals surface area contributed by atoms with Crippen LogP contribution in [0.25, 0.3) is 5.69 Å². The molecule has 1 N–H and O–H groups in total. The van der Waals surface area contributed by atoms with E-state index in [2.05, 4.69) is 27.6 Å². The van der Waals surface area contributed by atoms with Crippen molar-refractivity contribution >= 4 is 52.1 Å². The molecule has 3 rings (SSSR count). The van der Waals surface area contributed by atoms with Crippen LogP contribution in [0.1, 0.15) is 27.3 Å². The Labute approximate surface area is 170 Å². The maximum Gasteiger partial charge on any atom is 0.337 e. The quantitative estimate of drug-likeness (QED) is 0.380. The van der Waals surface area contributed by atoms with Gasteiger partial charge in [0.15, 0.2) is 0 Å². The van der Waals surface area contributed by atoms with Gasteiger partial charge in [-0.25, -0.2) is 4.79 Å². The highest BCUT2D eigenvalue weighted by atomic mass is 127. The molecule has 0 aliphatic heterocycles. The summed E-state index contributed by atoms with van der Waals surface area (Å²) in [6.45, 7) is 3.96. The molecule has 4 nitrogen and oxygen atoms in total. The summed E-state index contributed by atoms with van der Waals surface area (Å²) in [5.74, 6) is -1.04. The van der Waals surface area contributed by atoms with Crippen molar-refractivity contribution in [2.75, 3.05) is 0 Å². The minimum Gasteiger partial charge on any atom is -0.478 e. The fraction of sp³-hybridized carbons (Fsp3) is 0.100. The minimum atomic E-state index is -1.04. The van der Waals surface area contributed by atoms with Crippen molar-refractivity contribution in [1.29, 1.82) is 0 Å². The van der Waals surface area contributed by atoms with Crippen molar-refractivity contribution in [3.63, 3.8) is 0 Å². The fourth-order valence-electron chi connectivity index (χ4n) is 2.83. The lowest BCUT2D eigenvalue weighted by atomic mass is 10.2. The number of rotatable bonds is 4. The Morgan fingerprint density at radius 3 is 2.62 bits per heavy atom. The molecule has 26 heavy (non-hydrogen) atoms. The first-order valence-electron chi connectivity index (χ1n) is 7.89. The van der Waals surface area contributed by atoms with Gasteiger partial charge in [0.05, 0.1) is 16.3 Å². The zero-order valence-electron chi connectivity index (χ0n) is 14.2. The number of aryl methyl sites for hydroxylation is 1. The summed E-state index contributed by atoms with van der Waals surface area (Å²) in [6, 6.07) is 15.0. The zero-order valence-corrected chi connectivity index (χ0v) is 17.1. The Bertz CT molecular complexity index is 1020. The first-order valence-corrected chi connectivity index (χ1v) is 9.35. The van der Waals surface area contributed by atoms with E-state index >= 15 is 0 Å². The number of hydrogen-bond acceptors (Lipinski definition) is 2. The van der Waals surface area contributed by atoms with E-state index in [1.54, 1.807) is 12.1 Å². The lowest BCUT2D eigenvalue weighted by Gasteiger charge is -2.11. The average molecular weight is 479 g/mol. The molecule has 3 aromatic rings. The molecule has 2 aromatic carbocycles. The largest absolute Gasteiger partial charge is 0.478 e. The molecular formula is C20H16ClIN2O2. The van der Waals surface area contributed by atoms with Gasteiger partial charge in [-0.2, -0.15) is 0 Å². The van der Waals surface area contributed by atoms with E-state index < -0.39 is 5.97 Å². The second-order valence-corrected chi connectivity index (χ2v) is 7.41. The highest BCUT2D eigenvalue weighted by molar-refractivity contribution is 14.1. The topological polar surface area (TPSA) is 54.6 Å². The van der Waals surface area contributed by atoms with Crippen molar-refractivity contribution in [1.82, 2.24) is 4.57 Å². The van der Waals surface area contributed by atoms with Crippen LogP contribution in [0.4, 0.5) is 5.69 Å². The van der Waals surface area contributed by atoms with Gasteiger partial charge in [0.25, 0.3) is 0 Å². The number of carboxylic acids is 1. The molecule has 132 valence electrons. The Kier molecular flexibility index (Phi) is 5.48. The maximum absolute atomic E-state index is 11.4. The molecule has 1 heterocycles. The van der Waals surface area contributed by atoms with Crippen LogP contribution in [0.5, 0.6) is 0 Å². The molecule has 0 fully saturated rings. The molecule has 0 radical (unpaired) electrons. The molecule has 0 unspecified atom stereocenters. The van der Waals surface area contributed by atoms with Gasteiger partial charge < -0.3 is 9.67 Å². The number of aromatic nitrogens is 1. The first kappa shape index (κ1) is 18.7. The number of carboxylic acid groups (broad SMARTS) is 1. The SMILES string of the molecule is Cc1cc(C=Nc2ccccc2I)c(C)n1-c1ccc(Cl)c(C(=O)O)c1. The molecular weight excluding hydrogens is 463 g/mol. The number of aromatic carboxylic acids is 1. The molecule has 0 amide bonds. The van der Waals surface area contributed by atoms with E-state index in [0.29, 0.717) is 0 Å². The van der Waals surface area contributed by atoms with Crippen molar-refractivity contribution in [3.05, 3.63) is 79.6 Å². The van der Waals surface area contributed by atoms with Gasteiger partial charge in [0.2, 0.25) is 0 Å². The van der Waals surface area contributed by atoms with E-state index in [0.717, 1.165) is 31.9 Å². The van der Waals surface area contributed by atoms with Gasteiger partial charge in [-0.3, -0.25) is 4.99 Å². The molecule has 0 atom stereocenters. The maximum atomic E-state index is 11.4. The van der Waals surface area contributed by atoms with E-state index in [4.69, 9.17) is 11.6 Å². The highest BCUT2D eigenvalue weighted by Gasteiger charge is 2.14. The summed E-state index contributed by atoms with van der Waals surface area (Å²) < 4.78 is 3.08. The third-order valence-electron chi connectivity index (χ3n) is 4.10. The standard InChI is InChI=1S/C20H16ClIN2O2/c1-12-9-14(11-23-19-6-4-3-5-18(19)22)13(2)24(12)15-7-8-17(21)16(10-15)20(25)26/h3-11H,1-2H3,(H,25,26). The third kappa shape index (κ3) is 3.68. The minimum absolute atomic E-state index is 0.0886. The average Bonchev–Trinajstić information content (AvgIpc) is 2.88. The van der Waals surface area contributed by atoms with E-state index in [9.17, 15) is 9.90 Å². The predicted molar refractivity (Wildman–Crippen MR) is 114 cm³/mol. The summed E-state index contributed by atoms with van der Waals surface area (Å²) in [7, 11) is 0. The Morgan fingerprint density at radius 2 is 1.92 bits per heavy atom. The molecule has 1 aromatic heterocycles. The van der Waals surface area contributed by atoms with Crippen LogP contribution in [0, 0.1) is 17.4 Å². The zero-order chi connectivity index (χ0) is 18.8. The van der Waals surface area contributed by atoms with Crippen LogP contribution in [0.3, 0.4) is 0 Å². The molecule has 0 bridgehead atoms. The molecule has 0 aliphatic rings. The summed E-state index contributed by atoms with van der Waals surface area (Å²) in [4.78, 5) is 15.9. The molecule has 0 aliphatic carbocycles. The van der Waals surface area contributed by atoms with E-state index in [1.807, 2.05) is 61.0 Å². The second kappa shape index (κ2) is 7.63. The van der Waals surface area contributed by atoms with Gasteiger partial charge in [-0.15, -0.1) is 0 Å². The number of benzene rings is 2. The van der Waals surface area contributed by atoms with E-state index in [1.165, 1.54) is 0 Å². The monoisotopic (exact) mass is 478 g/mol. The summed E-state index contributed by atoms with van der Waals surface area (Å²) in [5, 5.41) is 9.53. The fourth-order valence-corrected chi connectivity index (χ4v) is 3.55. The van der Waals surface area contributed by atoms with Crippen LogP contribution < -0.4 is 0 Å². The lowest BCUT2D eigenvalue weighted by Crippen LogP contribution is -2.03. The van der Waals surface area contributed by atoms with Crippen LogP contribution >= 0.6 is 34.2 Å².